The molecule has 0 atom stereocenters. The lowest BCUT2D eigenvalue weighted by molar-refractivity contribution is 0.614. The monoisotopic (exact) mass is 592 g/mol. The maximum absolute atomic E-state index is 2.89. The van der Waals surface area contributed by atoms with Gasteiger partial charge in [-0.1, -0.05) is 166 Å². The smallest absolute Gasteiger partial charge is 0.0809 e. The van der Waals surface area contributed by atoms with Crippen LogP contribution in [0.25, 0.3) is 0 Å². The molecular formula is C36H39N2P3. The highest BCUT2D eigenvalue weighted by Crippen LogP contribution is 2.63. The van der Waals surface area contributed by atoms with E-state index in [4.69, 9.17) is 0 Å². The molecule has 0 radical (unpaired) electrons. The van der Waals surface area contributed by atoms with E-state index in [9.17, 15) is 0 Å². The molecule has 0 N–H and O–H groups in total. The quantitative estimate of drug-likeness (QED) is 0.127. The van der Waals surface area contributed by atoms with Gasteiger partial charge in [-0.25, -0.2) is 8.88 Å². The van der Waals surface area contributed by atoms with Crippen molar-refractivity contribution in [2.75, 3.05) is 13.1 Å². The fraction of sp³-hybridized carbons (Fsp3) is 0.167. The lowest BCUT2D eigenvalue weighted by Gasteiger charge is -2.46. The van der Waals surface area contributed by atoms with Gasteiger partial charge >= 0.3 is 0 Å². The highest BCUT2D eigenvalue weighted by atomic mass is 31.2. The first-order valence-corrected chi connectivity index (χ1v) is 18.4. The van der Waals surface area contributed by atoms with Gasteiger partial charge in [0, 0.05) is 34.5 Å². The molecule has 5 aromatic rings. The zero-order chi connectivity index (χ0) is 28.3. The van der Waals surface area contributed by atoms with Crippen molar-refractivity contribution < 1.29 is 0 Å². The second-order valence-electron chi connectivity index (χ2n) is 9.78. The van der Waals surface area contributed by atoms with E-state index >= 15 is 0 Å². The van der Waals surface area contributed by atoms with Crippen molar-refractivity contribution in [3.63, 3.8) is 0 Å². The predicted molar refractivity (Wildman–Crippen MR) is 185 cm³/mol. The molecule has 0 aliphatic heterocycles. The standard InChI is InChI=1S/C36H39N2P3/c1-3-30-37(39(32-20-10-5-11-21-32)33-22-12-6-13-23-33)41(36-28-18-9-19-29-36)38(31-4-2)40(34-24-14-7-15-25-34)35-26-16-8-17-27-35/h5-29H,3-4,30-31H2,1-2H3. The van der Waals surface area contributed by atoms with Crippen LogP contribution in [0.1, 0.15) is 26.7 Å². The van der Waals surface area contributed by atoms with Crippen LogP contribution in [0.5, 0.6) is 0 Å². The van der Waals surface area contributed by atoms with Gasteiger partial charge in [-0.15, -0.1) is 0 Å². The first-order chi connectivity index (χ1) is 20.3. The molecule has 41 heavy (non-hydrogen) atoms. The molecule has 0 saturated carbocycles. The van der Waals surface area contributed by atoms with Crippen molar-refractivity contribution in [2.24, 2.45) is 0 Å². The zero-order valence-electron chi connectivity index (χ0n) is 24.0. The van der Waals surface area contributed by atoms with Crippen molar-refractivity contribution in [1.82, 2.24) is 8.88 Å². The van der Waals surface area contributed by atoms with E-state index in [1.807, 2.05) is 0 Å². The molecule has 0 amide bonds. The van der Waals surface area contributed by atoms with Gasteiger partial charge in [-0.3, -0.25) is 0 Å². The summed E-state index contributed by atoms with van der Waals surface area (Å²) in [6.45, 7) is 6.72. The Hall–Kier alpha value is -2.69. The number of rotatable bonds is 13. The third-order valence-corrected chi connectivity index (χ3v) is 15.3. The van der Waals surface area contributed by atoms with Crippen LogP contribution in [0, 0.1) is 0 Å². The summed E-state index contributed by atoms with van der Waals surface area (Å²) in [6, 6.07) is 56.2. The van der Waals surface area contributed by atoms with Crippen molar-refractivity contribution in [2.45, 2.75) is 26.7 Å². The third kappa shape index (κ3) is 7.40. The average molecular weight is 593 g/mol. The van der Waals surface area contributed by atoms with E-state index < -0.39 is 24.4 Å². The molecule has 208 valence electrons. The van der Waals surface area contributed by atoms with Crippen molar-refractivity contribution in [1.29, 1.82) is 0 Å². The van der Waals surface area contributed by atoms with Gasteiger partial charge in [0.15, 0.2) is 0 Å². The van der Waals surface area contributed by atoms with Crippen LogP contribution in [0.15, 0.2) is 152 Å². The molecule has 0 bridgehead atoms. The molecule has 0 heterocycles. The number of hydrogen-bond acceptors (Lipinski definition) is 2. The first kappa shape index (κ1) is 29.8. The van der Waals surface area contributed by atoms with Crippen LogP contribution in [0.2, 0.25) is 0 Å². The first-order valence-electron chi connectivity index (χ1n) is 14.5. The maximum Gasteiger partial charge on any atom is 0.0809 e. The Morgan fingerprint density at radius 2 is 0.610 bits per heavy atom. The van der Waals surface area contributed by atoms with Gasteiger partial charge < -0.3 is 0 Å². The van der Waals surface area contributed by atoms with Gasteiger partial charge in [0.1, 0.15) is 0 Å². The van der Waals surface area contributed by atoms with Gasteiger partial charge in [0.2, 0.25) is 0 Å². The van der Waals surface area contributed by atoms with E-state index in [2.05, 4.69) is 174 Å². The topological polar surface area (TPSA) is 6.48 Å². The van der Waals surface area contributed by atoms with Crippen LogP contribution in [0.3, 0.4) is 0 Å². The third-order valence-electron chi connectivity index (χ3n) is 6.74. The SMILES string of the molecule is CCCN(P(c1ccccc1)c1ccccc1)P(c1ccccc1)N(CCC)P(c1ccccc1)c1ccccc1. The van der Waals surface area contributed by atoms with Crippen LogP contribution in [-0.4, -0.2) is 22.0 Å². The Kier molecular flexibility index (Phi) is 11.3. The zero-order valence-corrected chi connectivity index (χ0v) is 26.7. The lowest BCUT2D eigenvalue weighted by Crippen LogP contribution is -2.37. The molecule has 0 saturated heterocycles. The summed E-state index contributed by atoms with van der Waals surface area (Å²) in [5.74, 6) is 0. The van der Waals surface area contributed by atoms with E-state index in [0.717, 1.165) is 25.9 Å². The summed E-state index contributed by atoms with van der Waals surface area (Å²) >= 11 is 0. The largest absolute Gasteiger partial charge is 0.236 e. The molecule has 5 rings (SSSR count). The van der Waals surface area contributed by atoms with E-state index in [-0.39, 0.29) is 0 Å². The molecule has 0 aliphatic rings. The summed E-state index contributed by atoms with van der Waals surface area (Å²) in [6.07, 6.45) is 2.19. The second kappa shape index (κ2) is 15.5. The van der Waals surface area contributed by atoms with E-state index in [1.54, 1.807) is 0 Å². The summed E-state index contributed by atoms with van der Waals surface area (Å²) in [7, 11) is -2.36. The fourth-order valence-corrected chi connectivity index (χ4v) is 15.3. The fourth-order valence-electron chi connectivity index (χ4n) is 5.01. The van der Waals surface area contributed by atoms with E-state index in [1.165, 1.54) is 26.5 Å². The molecule has 0 unspecified atom stereocenters. The summed E-state index contributed by atoms with van der Waals surface area (Å²) in [4.78, 5) is 0. The normalized spacial score (nSPS) is 11.7. The van der Waals surface area contributed by atoms with Gasteiger partial charge in [0.05, 0.1) is 8.22 Å². The highest BCUT2D eigenvalue weighted by Gasteiger charge is 2.38. The number of nitrogens with zero attached hydrogens (tertiary/aromatic N) is 2. The Morgan fingerprint density at radius 1 is 0.366 bits per heavy atom. The summed E-state index contributed by atoms with van der Waals surface area (Å²) < 4.78 is 5.78. The Bertz CT molecular complexity index is 1250. The summed E-state index contributed by atoms with van der Waals surface area (Å²) in [5.41, 5.74) is 0. The van der Waals surface area contributed by atoms with Crippen LogP contribution in [-0.2, 0) is 0 Å². The number of benzene rings is 5. The maximum atomic E-state index is 2.89. The van der Waals surface area contributed by atoms with E-state index in [0.29, 0.717) is 0 Å². The lowest BCUT2D eigenvalue weighted by atomic mass is 10.4. The Balaban J connectivity index is 1.75. The molecule has 5 heteroatoms. The molecule has 0 aromatic heterocycles. The van der Waals surface area contributed by atoms with Crippen LogP contribution < -0.4 is 26.5 Å². The molecule has 2 nitrogen and oxygen atoms in total. The minimum atomic E-state index is -0.843. The van der Waals surface area contributed by atoms with Gasteiger partial charge in [-0.05, 0) is 34.1 Å². The Labute approximate surface area is 250 Å². The number of hydrogen-bond donors (Lipinski definition) is 0. The molecule has 0 aliphatic carbocycles. The molecular weight excluding hydrogens is 553 g/mol. The van der Waals surface area contributed by atoms with Crippen LogP contribution in [0.4, 0.5) is 0 Å². The van der Waals surface area contributed by atoms with Gasteiger partial charge in [0.25, 0.3) is 0 Å². The Morgan fingerprint density at radius 3 is 0.854 bits per heavy atom. The molecule has 0 fully saturated rings. The van der Waals surface area contributed by atoms with Crippen molar-refractivity contribution in [3.05, 3.63) is 152 Å². The van der Waals surface area contributed by atoms with Gasteiger partial charge in [-0.2, -0.15) is 0 Å². The van der Waals surface area contributed by atoms with Crippen molar-refractivity contribution in [3.8, 4) is 0 Å². The van der Waals surface area contributed by atoms with Crippen LogP contribution >= 0.6 is 24.4 Å². The summed E-state index contributed by atoms with van der Waals surface area (Å²) in [5, 5.41) is 7.05. The van der Waals surface area contributed by atoms with Crippen molar-refractivity contribution >= 4 is 50.9 Å². The molecule has 5 aromatic carbocycles. The minimum Gasteiger partial charge on any atom is -0.236 e. The predicted octanol–water partition coefficient (Wildman–Crippen LogP) is 8.14. The second-order valence-corrected chi connectivity index (χ2v) is 16.8. The highest BCUT2D eigenvalue weighted by molar-refractivity contribution is 7.86. The average Bonchev–Trinajstić information content (AvgIpc) is 3.04. The molecule has 0 spiro atoms. The minimum absolute atomic E-state index is 0.758.